The molecular formula is C26H24N4O10S2. The standard InChI is InChI=1S/C14H12N2O4.C12H12N2O6S2/c15-11-3-1-7(5-9(11)13(17)18)8-2-4-12(16)10(6-8)14(19)20;13-10-6-5-9(11(14)12(10)22(18,19)20)7-1-3-8(4-2-7)21(15,16)17/h1-6H,15-16H2,(H,17,18)(H,19,20);1-6H,13-14H2,(H,15,16,17)(H,18,19,20). The van der Waals surface area contributed by atoms with Gasteiger partial charge in [0.2, 0.25) is 0 Å². The molecule has 220 valence electrons. The normalized spacial score (nSPS) is 11.3. The zero-order valence-corrected chi connectivity index (χ0v) is 22.9. The van der Waals surface area contributed by atoms with E-state index in [1.54, 1.807) is 12.1 Å². The Hall–Kier alpha value is -5.16. The summed E-state index contributed by atoms with van der Waals surface area (Å²) in [5.74, 6) is -2.28. The molecule has 0 amide bonds. The molecule has 0 spiro atoms. The molecule has 0 heterocycles. The second-order valence-electron chi connectivity index (χ2n) is 8.63. The van der Waals surface area contributed by atoms with Gasteiger partial charge in [0.05, 0.1) is 27.4 Å². The fraction of sp³-hybridized carbons (Fsp3) is 0. The van der Waals surface area contributed by atoms with Gasteiger partial charge < -0.3 is 33.1 Å². The average molecular weight is 617 g/mol. The molecular weight excluding hydrogens is 592 g/mol. The maximum atomic E-state index is 11.3. The summed E-state index contributed by atoms with van der Waals surface area (Å²) < 4.78 is 62.7. The van der Waals surface area contributed by atoms with Crippen molar-refractivity contribution in [2.24, 2.45) is 0 Å². The molecule has 0 aliphatic heterocycles. The van der Waals surface area contributed by atoms with Crippen LogP contribution in [0, 0.1) is 0 Å². The lowest BCUT2D eigenvalue weighted by Gasteiger charge is -2.12. The van der Waals surface area contributed by atoms with Gasteiger partial charge in [-0.3, -0.25) is 9.11 Å². The molecule has 0 atom stereocenters. The molecule has 0 aliphatic carbocycles. The van der Waals surface area contributed by atoms with Crippen LogP contribution in [-0.4, -0.2) is 48.1 Å². The van der Waals surface area contributed by atoms with Crippen molar-refractivity contribution in [3.8, 4) is 22.3 Å². The lowest BCUT2D eigenvalue weighted by atomic mass is 9.99. The largest absolute Gasteiger partial charge is 0.478 e. The third kappa shape index (κ3) is 6.94. The SMILES string of the molecule is Nc1ccc(-c2ccc(N)c(C(=O)O)c2)cc1C(=O)O.Nc1ccc(-c2ccc(S(=O)(=O)O)cc2)c(N)c1S(=O)(=O)O. The maximum Gasteiger partial charge on any atom is 0.337 e. The molecule has 16 heteroatoms. The molecule has 4 rings (SSSR count). The first kappa shape index (κ1) is 31.4. The highest BCUT2D eigenvalue weighted by Gasteiger charge is 2.21. The van der Waals surface area contributed by atoms with Gasteiger partial charge in [-0.05, 0) is 59.2 Å². The Labute approximate surface area is 239 Å². The second-order valence-corrected chi connectivity index (χ2v) is 11.4. The Kier molecular flexibility index (Phi) is 8.78. The summed E-state index contributed by atoms with van der Waals surface area (Å²) in [6.07, 6.45) is 0. The number of hydrogen-bond donors (Lipinski definition) is 8. The fourth-order valence-electron chi connectivity index (χ4n) is 3.80. The number of nitrogen functional groups attached to an aromatic ring is 4. The number of nitrogens with two attached hydrogens (primary N) is 4. The zero-order chi connectivity index (χ0) is 31.6. The van der Waals surface area contributed by atoms with Crippen molar-refractivity contribution in [1.29, 1.82) is 0 Å². The molecule has 0 unspecified atom stereocenters. The number of hydrogen-bond acceptors (Lipinski definition) is 10. The number of anilines is 4. The van der Waals surface area contributed by atoms with Gasteiger partial charge in [-0.1, -0.05) is 30.3 Å². The van der Waals surface area contributed by atoms with Crippen molar-refractivity contribution in [2.45, 2.75) is 9.79 Å². The van der Waals surface area contributed by atoms with Crippen molar-refractivity contribution < 1.29 is 45.7 Å². The highest BCUT2D eigenvalue weighted by atomic mass is 32.2. The number of benzene rings is 4. The zero-order valence-electron chi connectivity index (χ0n) is 21.3. The van der Waals surface area contributed by atoms with Gasteiger partial charge in [-0.25, -0.2) is 9.59 Å². The van der Waals surface area contributed by atoms with E-state index in [0.29, 0.717) is 16.7 Å². The molecule has 0 saturated carbocycles. The minimum absolute atomic E-state index is 0.0313. The molecule has 0 aromatic heterocycles. The highest BCUT2D eigenvalue weighted by Crippen LogP contribution is 2.35. The van der Waals surface area contributed by atoms with Crippen molar-refractivity contribution in [1.82, 2.24) is 0 Å². The van der Waals surface area contributed by atoms with Gasteiger partial charge in [0, 0.05) is 16.9 Å². The smallest absolute Gasteiger partial charge is 0.337 e. The monoisotopic (exact) mass is 616 g/mol. The molecule has 0 saturated heterocycles. The maximum absolute atomic E-state index is 11.3. The Morgan fingerprint density at radius 2 is 0.952 bits per heavy atom. The first-order valence-electron chi connectivity index (χ1n) is 11.4. The van der Waals surface area contributed by atoms with Crippen molar-refractivity contribution >= 4 is 54.9 Å². The van der Waals surface area contributed by atoms with Crippen LogP contribution in [0.25, 0.3) is 22.3 Å². The van der Waals surface area contributed by atoms with Gasteiger partial charge in [0.1, 0.15) is 4.90 Å². The molecule has 42 heavy (non-hydrogen) atoms. The second kappa shape index (κ2) is 11.8. The molecule has 14 nitrogen and oxygen atoms in total. The first-order valence-corrected chi connectivity index (χ1v) is 14.3. The van der Waals surface area contributed by atoms with Gasteiger partial charge in [-0.2, -0.15) is 16.8 Å². The van der Waals surface area contributed by atoms with E-state index in [0.717, 1.165) is 12.1 Å². The van der Waals surface area contributed by atoms with Crippen LogP contribution in [0.5, 0.6) is 0 Å². The molecule has 0 fully saturated rings. The third-order valence-electron chi connectivity index (χ3n) is 5.85. The minimum atomic E-state index is -4.61. The van der Waals surface area contributed by atoms with Crippen LogP contribution in [0.3, 0.4) is 0 Å². The predicted octanol–water partition coefficient (Wildman–Crippen LogP) is 2.93. The Morgan fingerprint density at radius 1 is 0.548 bits per heavy atom. The number of carboxylic acid groups (broad SMARTS) is 2. The van der Waals surface area contributed by atoms with E-state index in [2.05, 4.69) is 0 Å². The lowest BCUT2D eigenvalue weighted by Crippen LogP contribution is -2.08. The quantitative estimate of drug-likeness (QED) is 0.114. The van der Waals surface area contributed by atoms with Crippen LogP contribution in [0.4, 0.5) is 22.7 Å². The summed E-state index contributed by atoms with van der Waals surface area (Å²) in [5.41, 5.74) is 23.9. The number of rotatable bonds is 6. The van der Waals surface area contributed by atoms with Crippen LogP contribution in [-0.2, 0) is 20.2 Å². The minimum Gasteiger partial charge on any atom is -0.478 e. The number of aromatic carboxylic acids is 2. The van der Waals surface area contributed by atoms with Crippen LogP contribution in [0.2, 0.25) is 0 Å². The van der Waals surface area contributed by atoms with E-state index < -0.39 is 37.1 Å². The van der Waals surface area contributed by atoms with E-state index in [9.17, 15) is 31.0 Å². The van der Waals surface area contributed by atoms with Gasteiger partial charge in [0.25, 0.3) is 20.2 Å². The summed E-state index contributed by atoms with van der Waals surface area (Å²) in [5, 5.41) is 18.1. The molecule has 0 aliphatic rings. The summed E-state index contributed by atoms with van der Waals surface area (Å²) in [4.78, 5) is 21.2. The van der Waals surface area contributed by atoms with Crippen LogP contribution in [0.1, 0.15) is 20.7 Å². The Bertz CT molecular complexity index is 1860. The summed E-state index contributed by atoms with van der Waals surface area (Å²) in [7, 11) is -8.95. The van der Waals surface area contributed by atoms with E-state index in [-0.39, 0.29) is 44.3 Å². The van der Waals surface area contributed by atoms with Gasteiger partial charge in [0.15, 0.2) is 0 Å². The lowest BCUT2D eigenvalue weighted by molar-refractivity contribution is 0.0687. The topological polar surface area (TPSA) is 287 Å². The predicted molar refractivity (Wildman–Crippen MR) is 155 cm³/mol. The Morgan fingerprint density at radius 3 is 1.33 bits per heavy atom. The van der Waals surface area contributed by atoms with Crippen LogP contribution < -0.4 is 22.9 Å². The molecule has 4 aromatic rings. The number of carbonyl (C=O) groups is 2. The van der Waals surface area contributed by atoms with E-state index in [1.165, 1.54) is 48.5 Å². The van der Waals surface area contributed by atoms with E-state index >= 15 is 0 Å². The molecule has 12 N–H and O–H groups in total. The first-order chi connectivity index (χ1) is 19.4. The third-order valence-corrected chi connectivity index (χ3v) is 7.69. The van der Waals surface area contributed by atoms with E-state index in [4.69, 9.17) is 37.7 Å². The van der Waals surface area contributed by atoms with E-state index in [1.807, 2.05) is 0 Å². The fourth-order valence-corrected chi connectivity index (χ4v) is 5.04. The Balaban J connectivity index is 0.000000231. The number of carboxylic acids is 2. The van der Waals surface area contributed by atoms with Crippen molar-refractivity contribution in [3.05, 3.63) is 83.9 Å². The summed E-state index contributed by atoms with van der Waals surface area (Å²) in [6, 6.07) is 16.6. The van der Waals surface area contributed by atoms with Crippen LogP contribution >= 0.6 is 0 Å². The van der Waals surface area contributed by atoms with Gasteiger partial charge in [-0.15, -0.1) is 0 Å². The van der Waals surface area contributed by atoms with Crippen molar-refractivity contribution in [3.63, 3.8) is 0 Å². The average Bonchev–Trinajstić information content (AvgIpc) is 2.88. The van der Waals surface area contributed by atoms with Crippen LogP contribution in [0.15, 0.2) is 82.6 Å². The van der Waals surface area contributed by atoms with Gasteiger partial charge >= 0.3 is 11.9 Å². The summed E-state index contributed by atoms with van der Waals surface area (Å²) in [6.45, 7) is 0. The molecule has 4 aromatic carbocycles. The molecule has 0 radical (unpaired) electrons. The highest BCUT2D eigenvalue weighted by molar-refractivity contribution is 7.86. The summed E-state index contributed by atoms with van der Waals surface area (Å²) >= 11 is 0. The van der Waals surface area contributed by atoms with Crippen molar-refractivity contribution in [2.75, 3.05) is 22.9 Å². The molecule has 0 bridgehead atoms.